The molecule has 104 valence electrons. The summed E-state index contributed by atoms with van der Waals surface area (Å²) in [5, 5.41) is 11.4. The average molecular weight is 328 g/mol. The predicted molar refractivity (Wildman–Crippen MR) is 78.5 cm³/mol. The van der Waals surface area contributed by atoms with Crippen molar-refractivity contribution in [3.05, 3.63) is 33.8 Å². The second-order valence-electron chi connectivity index (χ2n) is 4.14. The molecule has 0 radical (unpaired) electrons. The van der Waals surface area contributed by atoms with E-state index in [2.05, 4.69) is 21.1 Å². The molecule has 1 rings (SSSR count). The molecular weight excluding hydrogens is 310 g/mol. The summed E-state index contributed by atoms with van der Waals surface area (Å²) in [5.41, 5.74) is 7.00. The van der Waals surface area contributed by atoms with Gasteiger partial charge in [0.05, 0.1) is 0 Å². The van der Waals surface area contributed by atoms with Crippen LogP contribution in [0.15, 0.2) is 27.8 Å². The van der Waals surface area contributed by atoms with Crippen molar-refractivity contribution >= 4 is 27.7 Å². The topological polar surface area (TPSA) is 78.9 Å². The maximum Gasteiger partial charge on any atom is 0.254 e. The number of hydrogen-bond donors (Lipinski definition) is 2. The van der Waals surface area contributed by atoms with Crippen molar-refractivity contribution in [3.8, 4) is 0 Å². The Hall–Kier alpha value is -1.56. The van der Waals surface area contributed by atoms with Crippen LogP contribution in [-0.2, 0) is 0 Å². The predicted octanol–water partition coefficient (Wildman–Crippen LogP) is 2.36. The molecule has 0 unspecified atom stereocenters. The van der Waals surface area contributed by atoms with Gasteiger partial charge >= 0.3 is 0 Å². The number of carbonyl (C=O) groups is 1. The Balaban J connectivity index is 2.87. The van der Waals surface area contributed by atoms with Crippen LogP contribution in [0.25, 0.3) is 0 Å². The van der Waals surface area contributed by atoms with Gasteiger partial charge in [-0.1, -0.05) is 27.2 Å². The van der Waals surface area contributed by atoms with E-state index in [0.29, 0.717) is 25.1 Å². The Morgan fingerprint density at radius 1 is 1.53 bits per heavy atom. The molecule has 0 fully saturated rings. The summed E-state index contributed by atoms with van der Waals surface area (Å²) in [7, 11) is 0. The lowest BCUT2D eigenvalue weighted by atomic mass is 10.1. The minimum absolute atomic E-state index is 0.0490. The van der Waals surface area contributed by atoms with Gasteiger partial charge in [-0.25, -0.2) is 0 Å². The zero-order valence-corrected chi connectivity index (χ0v) is 12.6. The molecule has 0 atom stereocenters. The maximum absolute atomic E-state index is 12.4. The first-order valence-electron chi connectivity index (χ1n) is 6.02. The van der Waals surface area contributed by atoms with Crippen LogP contribution in [0.3, 0.4) is 0 Å². The monoisotopic (exact) mass is 327 g/mol. The van der Waals surface area contributed by atoms with Crippen molar-refractivity contribution in [2.24, 2.45) is 10.9 Å². The lowest BCUT2D eigenvalue weighted by Gasteiger charge is -2.21. The van der Waals surface area contributed by atoms with E-state index < -0.39 is 0 Å². The normalized spacial score (nSPS) is 11.4. The second-order valence-corrected chi connectivity index (χ2v) is 4.99. The number of oxime groups is 1. The first-order valence-corrected chi connectivity index (χ1v) is 6.81. The molecule has 0 spiro atoms. The van der Waals surface area contributed by atoms with Crippen molar-refractivity contribution in [2.45, 2.75) is 20.3 Å². The Labute approximate surface area is 121 Å². The van der Waals surface area contributed by atoms with Gasteiger partial charge in [0.2, 0.25) is 0 Å². The van der Waals surface area contributed by atoms with Crippen molar-refractivity contribution in [1.82, 2.24) is 4.90 Å². The van der Waals surface area contributed by atoms with E-state index in [9.17, 15) is 4.79 Å². The van der Waals surface area contributed by atoms with Crippen LogP contribution >= 0.6 is 15.9 Å². The quantitative estimate of drug-likeness (QED) is 0.377. The molecule has 1 amide bonds. The molecule has 0 aliphatic heterocycles. The largest absolute Gasteiger partial charge is 0.409 e. The second kappa shape index (κ2) is 7.13. The van der Waals surface area contributed by atoms with Gasteiger partial charge in [0, 0.05) is 29.5 Å². The summed E-state index contributed by atoms with van der Waals surface area (Å²) in [6, 6.07) is 5.54. The van der Waals surface area contributed by atoms with E-state index >= 15 is 0 Å². The van der Waals surface area contributed by atoms with Gasteiger partial charge in [-0.15, -0.1) is 0 Å². The van der Waals surface area contributed by atoms with E-state index in [1.54, 1.807) is 11.0 Å². The fraction of sp³-hybridized carbons (Fsp3) is 0.385. The summed E-state index contributed by atoms with van der Waals surface area (Å²) in [6.45, 7) is 4.80. The number of amidine groups is 1. The molecule has 6 heteroatoms. The Bertz CT molecular complexity index is 489. The lowest BCUT2D eigenvalue weighted by molar-refractivity contribution is 0.0767. The molecule has 0 heterocycles. The van der Waals surface area contributed by atoms with E-state index in [-0.39, 0.29) is 11.7 Å². The van der Waals surface area contributed by atoms with Crippen LogP contribution in [0.2, 0.25) is 0 Å². The van der Waals surface area contributed by atoms with E-state index in [0.717, 1.165) is 10.0 Å². The van der Waals surface area contributed by atoms with Gasteiger partial charge in [0.1, 0.15) is 5.84 Å². The number of nitrogens with zero attached hydrogens (tertiary/aromatic N) is 2. The van der Waals surface area contributed by atoms with Crippen LogP contribution < -0.4 is 5.73 Å². The van der Waals surface area contributed by atoms with Crippen LogP contribution in [-0.4, -0.2) is 34.9 Å². The van der Waals surface area contributed by atoms with Gasteiger partial charge < -0.3 is 15.8 Å². The standard InChI is InChI=1S/C13H18BrN3O2/c1-3-17(8-7-12(15)16-19)13(18)10-5-4-6-11(14)9(10)2/h4-6,19H,3,7-8H2,1-2H3,(H2,15,16). The van der Waals surface area contributed by atoms with Crippen molar-refractivity contribution in [3.63, 3.8) is 0 Å². The SMILES string of the molecule is CCN(CCC(N)=NO)C(=O)c1cccc(Br)c1C. The third kappa shape index (κ3) is 3.96. The summed E-state index contributed by atoms with van der Waals surface area (Å²) >= 11 is 3.42. The minimum Gasteiger partial charge on any atom is -0.409 e. The van der Waals surface area contributed by atoms with Gasteiger partial charge in [-0.05, 0) is 31.5 Å². The van der Waals surface area contributed by atoms with Crippen LogP contribution in [0, 0.1) is 6.92 Å². The van der Waals surface area contributed by atoms with Crippen LogP contribution in [0.5, 0.6) is 0 Å². The average Bonchev–Trinajstić information content (AvgIpc) is 2.41. The zero-order valence-electron chi connectivity index (χ0n) is 11.1. The van der Waals surface area contributed by atoms with Crippen molar-refractivity contribution in [2.75, 3.05) is 13.1 Å². The minimum atomic E-state index is -0.0490. The molecule has 0 saturated carbocycles. The first kappa shape index (κ1) is 15.5. The van der Waals surface area contributed by atoms with Crippen LogP contribution in [0.4, 0.5) is 0 Å². The molecule has 19 heavy (non-hydrogen) atoms. The van der Waals surface area contributed by atoms with Crippen molar-refractivity contribution in [1.29, 1.82) is 0 Å². The van der Waals surface area contributed by atoms with Gasteiger partial charge in [0.15, 0.2) is 0 Å². The summed E-state index contributed by atoms with van der Waals surface area (Å²) < 4.78 is 0.908. The van der Waals surface area contributed by atoms with Gasteiger partial charge in [-0.3, -0.25) is 4.79 Å². The molecule has 0 saturated heterocycles. The smallest absolute Gasteiger partial charge is 0.254 e. The highest BCUT2D eigenvalue weighted by molar-refractivity contribution is 9.10. The molecular formula is C13H18BrN3O2. The number of halogens is 1. The Morgan fingerprint density at radius 3 is 2.79 bits per heavy atom. The molecule has 1 aromatic rings. The summed E-state index contributed by atoms with van der Waals surface area (Å²) in [6.07, 6.45) is 0.350. The zero-order chi connectivity index (χ0) is 14.4. The lowest BCUT2D eigenvalue weighted by Crippen LogP contribution is -2.34. The highest BCUT2D eigenvalue weighted by atomic mass is 79.9. The molecule has 3 N–H and O–H groups in total. The third-order valence-electron chi connectivity index (χ3n) is 2.93. The Morgan fingerprint density at radius 2 is 2.21 bits per heavy atom. The molecule has 0 bridgehead atoms. The summed E-state index contributed by atoms with van der Waals surface area (Å²) in [4.78, 5) is 14.1. The number of hydrogen-bond acceptors (Lipinski definition) is 3. The number of nitrogens with two attached hydrogens (primary N) is 1. The highest BCUT2D eigenvalue weighted by Gasteiger charge is 2.17. The fourth-order valence-corrected chi connectivity index (χ4v) is 2.08. The van der Waals surface area contributed by atoms with E-state index in [1.807, 2.05) is 26.0 Å². The molecule has 0 aliphatic rings. The van der Waals surface area contributed by atoms with E-state index in [1.165, 1.54) is 0 Å². The van der Waals surface area contributed by atoms with Gasteiger partial charge in [0.25, 0.3) is 5.91 Å². The maximum atomic E-state index is 12.4. The number of rotatable bonds is 5. The fourth-order valence-electron chi connectivity index (χ4n) is 1.71. The van der Waals surface area contributed by atoms with Crippen LogP contribution in [0.1, 0.15) is 29.3 Å². The number of amides is 1. The molecule has 5 nitrogen and oxygen atoms in total. The van der Waals surface area contributed by atoms with Crippen molar-refractivity contribution < 1.29 is 10.0 Å². The van der Waals surface area contributed by atoms with Gasteiger partial charge in [-0.2, -0.15) is 0 Å². The third-order valence-corrected chi connectivity index (χ3v) is 3.79. The first-order chi connectivity index (χ1) is 9.01. The number of benzene rings is 1. The number of carbonyl (C=O) groups excluding carboxylic acids is 1. The molecule has 0 aromatic heterocycles. The molecule has 0 aliphatic carbocycles. The summed E-state index contributed by atoms with van der Waals surface area (Å²) in [5.74, 6) is 0.0734. The highest BCUT2D eigenvalue weighted by Crippen LogP contribution is 2.20. The van der Waals surface area contributed by atoms with E-state index in [4.69, 9.17) is 10.9 Å². The molecule has 1 aromatic carbocycles. The Kier molecular flexibility index (Phi) is 5.82.